The van der Waals surface area contributed by atoms with Gasteiger partial charge in [-0.15, -0.1) is 10.2 Å². The van der Waals surface area contributed by atoms with Crippen LogP contribution in [0.3, 0.4) is 0 Å². The maximum Gasteiger partial charge on any atom is 0.234 e. The maximum atomic E-state index is 11.8. The van der Waals surface area contributed by atoms with Gasteiger partial charge in [0.15, 0.2) is 5.82 Å². The molecule has 4 rings (SSSR count). The van der Waals surface area contributed by atoms with Crippen molar-refractivity contribution in [2.45, 2.75) is 25.2 Å². The van der Waals surface area contributed by atoms with E-state index in [1.54, 1.807) is 4.52 Å². The molecular formula is C16H19N5O2S2. The summed E-state index contributed by atoms with van der Waals surface area (Å²) in [6.07, 6.45) is 3.75. The number of aromatic nitrogens is 4. The molecule has 1 aromatic carbocycles. The first kappa shape index (κ1) is 16.6. The fraction of sp³-hybridized carbons (Fsp3) is 0.438. The van der Waals surface area contributed by atoms with Gasteiger partial charge in [0.05, 0.1) is 6.26 Å². The molecule has 1 aliphatic rings. The van der Waals surface area contributed by atoms with Gasteiger partial charge in [0.1, 0.15) is 5.01 Å². The molecule has 0 radical (unpaired) electrons. The van der Waals surface area contributed by atoms with Crippen LogP contribution in [0.5, 0.6) is 0 Å². The number of nitrogens with zero attached hydrogens (tertiary/aromatic N) is 5. The lowest BCUT2D eigenvalue weighted by Gasteiger charge is -2.29. The predicted octanol–water partition coefficient (Wildman–Crippen LogP) is 1.92. The minimum absolute atomic E-state index is 0.0325. The molecule has 1 unspecified atom stereocenters. The normalized spacial score (nSPS) is 19.5. The first-order valence-corrected chi connectivity index (χ1v) is 10.9. The Morgan fingerprint density at radius 3 is 2.80 bits per heavy atom. The van der Waals surface area contributed by atoms with Crippen molar-refractivity contribution in [2.75, 3.05) is 19.3 Å². The van der Waals surface area contributed by atoms with Crippen molar-refractivity contribution in [1.82, 2.24) is 24.1 Å². The van der Waals surface area contributed by atoms with Crippen LogP contribution < -0.4 is 0 Å². The molecule has 3 aromatic rings. The number of hydrogen-bond donors (Lipinski definition) is 0. The van der Waals surface area contributed by atoms with Crippen molar-refractivity contribution in [2.24, 2.45) is 0 Å². The summed E-state index contributed by atoms with van der Waals surface area (Å²) in [5.74, 6) is 0.795. The van der Waals surface area contributed by atoms with Crippen molar-refractivity contribution >= 4 is 26.3 Å². The zero-order valence-electron chi connectivity index (χ0n) is 13.9. The lowest BCUT2D eigenvalue weighted by molar-refractivity contribution is 0.309. The van der Waals surface area contributed by atoms with E-state index >= 15 is 0 Å². The van der Waals surface area contributed by atoms with E-state index in [1.807, 2.05) is 18.2 Å². The van der Waals surface area contributed by atoms with Gasteiger partial charge in [-0.25, -0.2) is 12.7 Å². The molecule has 2 aromatic heterocycles. The summed E-state index contributed by atoms with van der Waals surface area (Å²) in [7, 11) is -3.18. The second-order valence-electron chi connectivity index (χ2n) is 6.37. The number of hydrogen-bond acceptors (Lipinski definition) is 6. The van der Waals surface area contributed by atoms with Gasteiger partial charge in [-0.2, -0.15) is 9.61 Å². The Morgan fingerprint density at radius 1 is 1.24 bits per heavy atom. The van der Waals surface area contributed by atoms with Gasteiger partial charge < -0.3 is 0 Å². The number of fused-ring (bicyclic) bond motifs is 1. The van der Waals surface area contributed by atoms with Crippen molar-refractivity contribution in [3.8, 4) is 0 Å². The molecule has 1 saturated heterocycles. The number of benzene rings is 1. The molecule has 132 valence electrons. The average molecular weight is 377 g/mol. The zero-order valence-corrected chi connectivity index (χ0v) is 15.5. The summed E-state index contributed by atoms with van der Waals surface area (Å²) < 4.78 is 27.0. The van der Waals surface area contributed by atoms with Gasteiger partial charge in [0.25, 0.3) is 0 Å². The van der Waals surface area contributed by atoms with Crippen LogP contribution in [0.1, 0.15) is 35.2 Å². The third-order valence-corrected chi connectivity index (χ3v) is 6.64. The van der Waals surface area contributed by atoms with Gasteiger partial charge >= 0.3 is 0 Å². The van der Waals surface area contributed by atoms with E-state index in [-0.39, 0.29) is 5.92 Å². The highest BCUT2D eigenvalue weighted by atomic mass is 32.2. The summed E-state index contributed by atoms with van der Waals surface area (Å²) >= 11 is 1.53. The molecule has 1 aliphatic heterocycles. The van der Waals surface area contributed by atoms with Crippen LogP contribution in [-0.4, -0.2) is 51.9 Å². The Kier molecular flexibility index (Phi) is 4.30. The van der Waals surface area contributed by atoms with Crippen LogP contribution in [0.15, 0.2) is 30.3 Å². The fourth-order valence-corrected chi connectivity index (χ4v) is 5.01. The van der Waals surface area contributed by atoms with Crippen LogP contribution in [-0.2, 0) is 16.4 Å². The minimum atomic E-state index is -3.18. The lowest BCUT2D eigenvalue weighted by atomic mass is 9.99. The van der Waals surface area contributed by atoms with Crippen LogP contribution in [0.4, 0.5) is 0 Å². The lowest BCUT2D eigenvalue weighted by Crippen LogP contribution is -2.38. The molecular weight excluding hydrogens is 358 g/mol. The first-order valence-electron chi connectivity index (χ1n) is 8.21. The van der Waals surface area contributed by atoms with Gasteiger partial charge in [-0.3, -0.25) is 0 Å². The summed E-state index contributed by atoms with van der Waals surface area (Å²) in [5, 5.41) is 14.2. The molecule has 25 heavy (non-hydrogen) atoms. The van der Waals surface area contributed by atoms with E-state index in [9.17, 15) is 8.42 Å². The summed E-state index contributed by atoms with van der Waals surface area (Å²) in [6.45, 7) is 1.03. The smallest absolute Gasteiger partial charge is 0.213 e. The first-order chi connectivity index (χ1) is 12.0. The predicted molar refractivity (Wildman–Crippen MR) is 96.3 cm³/mol. The quantitative estimate of drug-likeness (QED) is 0.694. The molecule has 9 heteroatoms. The third-order valence-electron chi connectivity index (χ3n) is 4.47. The molecule has 1 fully saturated rings. The average Bonchev–Trinajstić information content (AvgIpc) is 3.15. The third kappa shape index (κ3) is 3.44. The Morgan fingerprint density at radius 2 is 2.04 bits per heavy atom. The second kappa shape index (κ2) is 6.47. The van der Waals surface area contributed by atoms with Gasteiger partial charge in [0.2, 0.25) is 15.0 Å². The summed E-state index contributed by atoms with van der Waals surface area (Å²) in [4.78, 5) is 0.761. The van der Waals surface area contributed by atoms with Crippen LogP contribution in [0.25, 0.3) is 4.96 Å². The molecule has 0 bridgehead atoms. The Bertz CT molecular complexity index is 981. The van der Waals surface area contributed by atoms with Gasteiger partial charge in [-0.05, 0) is 18.4 Å². The molecule has 0 spiro atoms. The van der Waals surface area contributed by atoms with E-state index < -0.39 is 10.0 Å². The number of piperidine rings is 1. The van der Waals surface area contributed by atoms with E-state index in [0.717, 1.165) is 35.1 Å². The van der Waals surface area contributed by atoms with Crippen molar-refractivity contribution in [3.05, 3.63) is 46.7 Å². The highest BCUT2D eigenvalue weighted by molar-refractivity contribution is 7.88. The van der Waals surface area contributed by atoms with Gasteiger partial charge in [0, 0.05) is 25.4 Å². The van der Waals surface area contributed by atoms with E-state index in [1.165, 1.54) is 27.5 Å². The van der Waals surface area contributed by atoms with Crippen LogP contribution in [0, 0.1) is 0 Å². The number of sulfonamides is 1. The van der Waals surface area contributed by atoms with Gasteiger partial charge in [-0.1, -0.05) is 41.7 Å². The Hall–Kier alpha value is -1.84. The topological polar surface area (TPSA) is 80.5 Å². The van der Waals surface area contributed by atoms with Crippen molar-refractivity contribution < 1.29 is 8.42 Å². The molecule has 7 nitrogen and oxygen atoms in total. The summed E-state index contributed by atoms with van der Waals surface area (Å²) in [5.41, 5.74) is 1.20. The second-order valence-corrected chi connectivity index (χ2v) is 9.39. The monoisotopic (exact) mass is 377 g/mol. The number of rotatable bonds is 4. The summed E-state index contributed by atoms with van der Waals surface area (Å²) in [6, 6.07) is 10.2. The molecule has 0 saturated carbocycles. The largest absolute Gasteiger partial charge is 0.234 e. The van der Waals surface area contributed by atoms with Crippen molar-refractivity contribution in [3.63, 3.8) is 0 Å². The SMILES string of the molecule is CS(=O)(=O)N1CCCC(c2nnc3sc(Cc4ccccc4)nn23)C1. The zero-order chi connectivity index (χ0) is 17.4. The van der Waals surface area contributed by atoms with Crippen LogP contribution in [0.2, 0.25) is 0 Å². The Balaban J connectivity index is 1.60. The highest BCUT2D eigenvalue weighted by Crippen LogP contribution is 2.28. The maximum absolute atomic E-state index is 11.8. The van der Waals surface area contributed by atoms with E-state index in [4.69, 9.17) is 0 Å². The highest BCUT2D eigenvalue weighted by Gasteiger charge is 2.30. The molecule has 1 atom stereocenters. The minimum Gasteiger partial charge on any atom is -0.213 e. The molecule has 0 N–H and O–H groups in total. The Labute approximate surface area is 150 Å². The molecule has 3 heterocycles. The standard InChI is InChI=1S/C16H19N5O2S2/c1-25(22,23)20-9-5-8-13(11-20)15-17-18-16-21(15)19-14(24-16)10-12-6-3-2-4-7-12/h2-4,6-7,13H,5,8-11H2,1H3. The molecule has 0 aliphatic carbocycles. The van der Waals surface area contributed by atoms with E-state index in [0.29, 0.717) is 13.1 Å². The van der Waals surface area contributed by atoms with Crippen molar-refractivity contribution in [1.29, 1.82) is 0 Å². The fourth-order valence-electron chi connectivity index (χ4n) is 3.22. The molecule has 0 amide bonds. The van der Waals surface area contributed by atoms with E-state index in [2.05, 4.69) is 27.4 Å². The van der Waals surface area contributed by atoms with Crippen LogP contribution >= 0.6 is 11.3 Å².